The monoisotopic (exact) mass is 309 g/mol. The average Bonchev–Trinajstić information content (AvgIpc) is 3.15. The molecule has 0 amide bonds. The molecule has 2 aliphatic rings. The molecule has 1 saturated carbocycles. The molecule has 1 aromatic heterocycles. The van der Waals surface area contributed by atoms with E-state index in [0.717, 1.165) is 32.3 Å². The van der Waals surface area contributed by atoms with Crippen LogP contribution in [0.3, 0.4) is 0 Å². The molecule has 1 N–H and O–H groups in total. The number of nitrogens with zero attached hydrogens (tertiary/aromatic N) is 2. The zero-order valence-corrected chi connectivity index (χ0v) is 14.4. The minimum atomic E-state index is 0.0333. The first-order valence-electron chi connectivity index (χ1n) is 8.06. The van der Waals surface area contributed by atoms with Crippen LogP contribution < -0.4 is 10.2 Å². The average molecular weight is 309 g/mol. The first-order valence-corrected chi connectivity index (χ1v) is 8.87. The van der Waals surface area contributed by atoms with Crippen LogP contribution in [0.15, 0.2) is 0 Å². The summed E-state index contributed by atoms with van der Waals surface area (Å²) in [6.07, 6.45) is 2.67. The van der Waals surface area contributed by atoms with Gasteiger partial charge in [-0.25, -0.2) is 4.98 Å². The van der Waals surface area contributed by atoms with Gasteiger partial charge in [-0.15, -0.1) is 11.3 Å². The molecule has 0 unspecified atom stereocenters. The maximum Gasteiger partial charge on any atom is 0.186 e. The zero-order chi connectivity index (χ0) is 15.0. The Balaban J connectivity index is 1.82. The summed E-state index contributed by atoms with van der Waals surface area (Å²) in [5.41, 5.74) is 1.30. The molecule has 0 atom stereocenters. The molecule has 0 aromatic carbocycles. The third-order valence-corrected chi connectivity index (χ3v) is 5.36. The summed E-state index contributed by atoms with van der Waals surface area (Å²) in [6.45, 7) is 12.5. The van der Waals surface area contributed by atoms with Crippen molar-refractivity contribution in [3.63, 3.8) is 0 Å². The van der Waals surface area contributed by atoms with Crippen molar-refractivity contribution >= 4 is 16.5 Å². The first-order chi connectivity index (χ1) is 9.97. The largest absolute Gasteiger partial charge is 0.377 e. The highest BCUT2D eigenvalue weighted by Gasteiger charge is 2.33. The lowest BCUT2D eigenvalue weighted by atomic mass is 10.0. The van der Waals surface area contributed by atoms with Crippen molar-refractivity contribution in [1.82, 2.24) is 10.3 Å². The SMILES string of the molecule is CC(C)c1nc(N2CCOCC2(C)C)sc1CNC1CC1. The van der Waals surface area contributed by atoms with Gasteiger partial charge in [0.25, 0.3) is 0 Å². The van der Waals surface area contributed by atoms with E-state index in [1.807, 2.05) is 11.3 Å². The van der Waals surface area contributed by atoms with E-state index in [1.165, 1.54) is 28.5 Å². The second-order valence-corrected chi connectivity index (χ2v) is 8.19. The Bertz CT molecular complexity index is 494. The molecule has 0 radical (unpaired) electrons. The van der Waals surface area contributed by atoms with Crippen molar-refractivity contribution in [2.24, 2.45) is 0 Å². The molecule has 4 nitrogen and oxygen atoms in total. The van der Waals surface area contributed by atoms with E-state index >= 15 is 0 Å². The second-order valence-electron chi connectivity index (χ2n) is 7.13. The predicted molar refractivity (Wildman–Crippen MR) is 88.3 cm³/mol. The number of aromatic nitrogens is 1. The van der Waals surface area contributed by atoms with Gasteiger partial charge < -0.3 is 15.0 Å². The van der Waals surface area contributed by atoms with Crippen molar-refractivity contribution in [2.75, 3.05) is 24.7 Å². The van der Waals surface area contributed by atoms with Crippen LogP contribution in [0.1, 0.15) is 57.0 Å². The number of rotatable bonds is 5. The standard InChI is InChI=1S/C16H27N3OS/c1-11(2)14-13(9-17-12-5-6-12)21-15(18-14)19-7-8-20-10-16(19,3)4/h11-12,17H,5-10H2,1-4H3. The normalized spacial score (nSPS) is 22.0. The van der Waals surface area contributed by atoms with Gasteiger partial charge in [0, 0.05) is 24.0 Å². The topological polar surface area (TPSA) is 37.4 Å². The van der Waals surface area contributed by atoms with Crippen LogP contribution in [0.4, 0.5) is 5.13 Å². The summed E-state index contributed by atoms with van der Waals surface area (Å²) in [5, 5.41) is 4.80. The van der Waals surface area contributed by atoms with E-state index in [9.17, 15) is 0 Å². The van der Waals surface area contributed by atoms with Gasteiger partial charge in [0.15, 0.2) is 5.13 Å². The number of hydrogen-bond acceptors (Lipinski definition) is 5. The third-order valence-electron chi connectivity index (χ3n) is 4.27. The fourth-order valence-electron chi connectivity index (χ4n) is 2.78. The van der Waals surface area contributed by atoms with E-state index in [-0.39, 0.29) is 5.54 Å². The smallest absolute Gasteiger partial charge is 0.186 e. The fourth-order valence-corrected chi connectivity index (χ4v) is 4.14. The number of hydrogen-bond donors (Lipinski definition) is 1. The van der Waals surface area contributed by atoms with Gasteiger partial charge in [-0.1, -0.05) is 13.8 Å². The highest BCUT2D eigenvalue weighted by molar-refractivity contribution is 7.15. The predicted octanol–water partition coefficient (Wildman–Crippen LogP) is 3.13. The summed E-state index contributed by atoms with van der Waals surface area (Å²) in [7, 11) is 0. The molecule has 0 spiro atoms. The molecule has 1 aliphatic heterocycles. The number of thiazole rings is 1. The number of anilines is 1. The third kappa shape index (κ3) is 3.41. The van der Waals surface area contributed by atoms with Crippen molar-refractivity contribution in [1.29, 1.82) is 0 Å². The molecule has 1 saturated heterocycles. The van der Waals surface area contributed by atoms with Gasteiger partial charge in [0.2, 0.25) is 0 Å². The summed E-state index contributed by atoms with van der Waals surface area (Å²) in [4.78, 5) is 8.81. The lowest BCUT2D eigenvalue weighted by Crippen LogP contribution is -2.53. The lowest BCUT2D eigenvalue weighted by molar-refractivity contribution is 0.0643. The van der Waals surface area contributed by atoms with Crippen molar-refractivity contribution in [3.05, 3.63) is 10.6 Å². The number of nitrogens with one attached hydrogen (secondary N) is 1. The Morgan fingerprint density at radius 1 is 1.43 bits per heavy atom. The van der Waals surface area contributed by atoms with Crippen LogP contribution in [0, 0.1) is 0 Å². The minimum absolute atomic E-state index is 0.0333. The Hall–Kier alpha value is -0.650. The van der Waals surface area contributed by atoms with Crippen LogP contribution in [0.2, 0.25) is 0 Å². The van der Waals surface area contributed by atoms with Crippen LogP contribution in [-0.4, -0.2) is 36.3 Å². The van der Waals surface area contributed by atoms with Crippen LogP contribution >= 0.6 is 11.3 Å². The molecule has 118 valence electrons. The van der Waals surface area contributed by atoms with E-state index in [2.05, 4.69) is 37.9 Å². The highest BCUT2D eigenvalue weighted by Crippen LogP contribution is 2.35. The maximum atomic E-state index is 5.63. The number of morpholine rings is 1. The second kappa shape index (κ2) is 5.86. The Kier molecular flexibility index (Phi) is 4.26. The van der Waals surface area contributed by atoms with Gasteiger partial charge in [-0.3, -0.25) is 0 Å². The Morgan fingerprint density at radius 3 is 2.81 bits per heavy atom. The minimum Gasteiger partial charge on any atom is -0.377 e. The molecule has 3 rings (SSSR count). The van der Waals surface area contributed by atoms with Crippen LogP contribution in [-0.2, 0) is 11.3 Å². The quantitative estimate of drug-likeness (QED) is 0.907. The van der Waals surface area contributed by atoms with Crippen molar-refractivity contribution in [2.45, 2.75) is 64.6 Å². The van der Waals surface area contributed by atoms with Gasteiger partial charge in [-0.2, -0.15) is 0 Å². The molecule has 2 heterocycles. The van der Waals surface area contributed by atoms with E-state index < -0.39 is 0 Å². The zero-order valence-electron chi connectivity index (χ0n) is 13.6. The van der Waals surface area contributed by atoms with Gasteiger partial charge in [0.1, 0.15) is 0 Å². The van der Waals surface area contributed by atoms with Crippen molar-refractivity contribution < 1.29 is 4.74 Å². The Morgan fingerprint density at radius 2 is 2.19 bits per heavy atom. The molecular weight excluding hydrogens is 282 g/mol. The molecule has 21 heavy (non-hydrogen) atoms. The van der Waals surface area contributed by atoms with Gasteiger partial charge in [0.05, 0.1) is 24.4 Å². The molecule has 1 aliphatic carbocycles. The molecule has 5 heteroatoms. The molecular formula is C16H27N3OS. The highest BCUT2D eigenvalue weighted by atomic mass is 32.1. The summed E-state index contributed by atoms with van der Waals surface area (Å²) >= 11 is 1.86. The molecule has 1 aromatic rings. The maximum absolute atomic E-state index is 5.63. The molecule has 2 fully saturated rings. The van der Waals surface area contributed by atoms with E-state index in [0.29, 0.717) is 5.92 Å². The first kappa shape index (κ1) is 15.3. The summed E-state index contributed by atoms with van der Waals surface area (Å²) < 4.78 is 5.63. The van der Waals surface area contributed by atoms with Gasteiger partial charge >= 0.3 is 0 Å². The van der Waals surface area contributed by atoms with Crippen LogP contribution in [0.25, 0.3) is 0 Å². The molecule has 0 bridgehead atoms. The van der Waals surface area contributed by atoms with E-state index in [4.69, 9.17) is 9.72 Å². The summed E-state index contributed by atoms with van der Waals surface area (Å²) in [5.74, 6) is 0.482. The van der Waals surface area contributed by atoms with Gasteiger partial charge in [-0.05, 0) is 32.6 Å². The number of ether oxygens (including phenoxy) is 1. The lowest BCUT2D eigenvalue weighted by Gasteiger charge is -2.42. The fraction of sp³-hybridized carbons (Fsp3) is 0.812. The van der Waals surface area contributed by atoms with E-state index in [1.54, 1.807) is 0 Å². The Labute approximate surface area is 131 Å². The van der Waals surface area contributed by atoms with Crippen molar-refractivity contribution in [3.8, 4) is 0 Å². The van der Waals surface area contributed by atoms with Crippen LogP contribution in [0.5, 0.6) is 0 Å². The summed E-state index contributed by atoms with van der Waals surface area (Å²) in [6, 6.07) is 0.746.